The SMILES string of the molecule is CC(C)Nc1ncccc1C(=O)Nc1nc(-c2ccc3c(c2)OCO3)cs1. The summed E-state index contributed by atoms with van der Waals surface area (Å²) in [6.07, 6.45) is 1.66. The van der Waals surface area contributed by atoms with Crippen LogP contribution in [0.3, 0.4) is 0 Å². The van der Waals surface area contributed by atoms with Crippen molar-refractivity contribution in [3.05, 3.63) is 47.5 Å². The van der Waals surface area contributed by atoms with Crippen molar-refractivity contribution in [1.82, 2.24) is 9.97 Å². The van der Waals surface area contributed by atoms with Gasteiger partial charge in [0, 0.05) is 23.2 Å². The van der Waals surface area contributed by atoms with E-state index in [1.807, 2.05) is 37.4 Å². The monoisotopic (exact) mass is 382 g/mol. The van der Waals surface area contributed by atoms with Gasteiger partial charge in [-0.1, -0.05) is 0 Å². The standard InChI is InChI=1S/C19H18N4O3S/c1-11(2)21-17-13(4-3-7-20-17)18(24)23-19-22-14(9-27-19)12-5-6-15-16(8-12)26-10-25-15/h3-9,11H,10H2,1-2H3,(H,20,21)(H,22,23,24). The van der Waals surface area contributed by atoms with Crippen LogP contribution in [0.15, 0.2) is 41.9 Å². The first-order valence-electron chi connectivity index (χ1n) is 8.48. The summed E-state index contributed by atoms with van der Waals surface area (Å²) in [5.41, 5.74) is 2.14. The van der Waals surface area contributed by atoms with Crippen molar-refractivity contribution in [1.29, 1.82) is 0 Å². The molecule has 0 bridgehead atoms. The molecule has 1 aliphatic heterocycles. The summed E-state index contributed by atoms with van der Waals surface area (Å²) >= 11 is 1.36. The van der Waals surface area contributed by atoms with Crippen molar-refractivity contribution in [2.45, 2.75) is 19.9 Å². The van der Waals surface area contributed by atoms with Gasteiger partial charge < -0.3 is 14.8 Å². The number of anilines is 2. The predicted octanol–water partition coefficient (Wildman–Crippen LogP) is 4.01. The highest BCUT2D eigenvalue weighted by Crippen LogP contribution is 2.36. The van der Waals surface area contributed by atoms with Crippen LogP contribution in [0.25, 0.3) is 11.3 Å². The molecule has 0 aliphatic carbocycles. The maximum Gasteiger partial charge on any atom is 0.261 e. The fourth-order valence-corrected chi connectivity index (χ4v) is 3.38. The summed E-state index contributed by atoms with van der Waals surface area (Å²) in [5, 5.41) is 8.44. The van der Waals surface area contributed by atoms with Crippen molar-refractivity contribution in [2.24, 2.45) is 0 Å². The molecule has 0 unspecified atom stereocenters. The minimum absolute atomic E-state index is 0.170. The minimum atomic E-state index is -0.252. The molecule has 138 valence electrons. The third-order valence-corrected chi connectivity index (χ3v) is 4.63. The maximum atomic E-state index is 12.7. The van der Waals surface area contributed by atoms with Gasteiger partial charge in [0.2, 0.25) is 6.79 Å². The molecular formula is C19H18N4O3S. The fourth-order valence-electron chi connectivity index (χ4n) is 2.66. The number of pyridine rings is 1. The molecule has 2 aromatic heterocycles. The molecule has 4 rings (SSSR count). The summed E-state index contributed by atoms with van der Waals surface area (Å²) in [7, 11) is 0. The first-order valence-corrected chi connectivity index (χ1v) is 9.36. The molecule has 2 N–H and O–H groups in total. The lowest BCUT2D eigenvalue weighted by molar-refractivity contribution is 0.102. The molecule has 7 nitrogen and oxygen atoms in total. The lowest BCUT2D eigenvalue weighted by Gasteiger charge is -2.12. The Labute approximate surface area is 160 Å². The third kappa shape index (κ3) is 3.70. The van der Waals surface area contributed by atoms with Crippen LogP contribution in [-0.2, 0) is 0 Å². The number of hydrogen-bond acceptors (Lipinski definition) is 7. The minimum Gasteiger partial charge on any atom is -0.454 e. The van der Waals surface area contributed by atoms with E-state index in [2.05, 4.69) is 20.6 Å². The van der Waals surface area contributed by atoms with Crippen LogP contribution in [0.5, 0.6) is 11.5 Å². The maximum absolute atomic E-state index is 12.7. The van der Waals surface area contributed by atoms with Crippen LogP contribution >= 0.6 is 11.3 Å². The number of nitrogens with zero attached hydrogens (tertiary/aromatic N) is 2. The summed E-state index contributed by atoms with van der Waals surface area (Å²) in [6, 6.07) is 9.30. The van der Waals surface area contributed by atoms with E-state index in [1.165, 1.54) is 11.3 Å². The van der Waals surface area contributed by atoms with Gasteiger partial charge in [-0.15, -0.1) is 11.3 Å². The largest absolute Gasteiger partial charge is 0.454 e. The number of thiazole rings is 1. The van der Waals surface area contributed by atoms with E-state index < -0.39 is 0 Å². The van der Waals surface area contributed by atoms with E-state index >= 15 is 0 Å². The van der Waals surface area contributed by atoms with Crippen molar-refractivity contribution >= 4 is 28.2 Å². The van der Waals surface area contributed by atoms with Gasteiger partial charge in [-0.25, -0.2) is 9.97 Å². The molecule has 1 aliphatic rings. The molecule has 1 aromatic carbocycles. The van der Waals surface area contributed by atoms with Gasteiger partial charge in [0.05, 0.1) is 11.3 Å². The Balaban J connectivity index is 1.52. The predicted molar refractivity (Wildman–Crippen MR) is 105 cm³/mol. The molecule has 0 saturated carbocycles. The average Bonchev–Trinajstić information content (AvgIpc) is 3.30. The first kappa shape index (κ1) is 17.3. The highest BCUT2D eigenvalue weighted by molar-refractivity contribution is 7.14. The van der Waals surface area contributed by atoms with Gasteiger partial charge in [-0.2, -0.15) is 0 Å². The third-order valence-electron chi connectivity index (χ3n) is 3.87. The van der Waals surface area contributed by atoms with Crippen LogP contribution < -0.4 is 20.1 Å². The molecule has 3 heterocycles. The molecule has 8 heteroatoms. The number of amides is 1. The number of aromatic nitrogens is 2. The molecule has 0 saturated heterocycles. The zero-order chi connectivity index (χ0) is 18.8. The van der Waals surface area contributed by atoms with Gasteiger partial charge in [-0.3, -0.25) is 10.1 Å². The van der Waals surface area contributed by atoms with Crippen LogP contribution in [0.1, 0.15) is 24.2 Å². The Morgan fingerprint density at radius 3 is 2.93 bits per heavy atom. The van der Waals surface area contributed by atoms with E-state index in [1.54, 1.807) is 18.3 Å². The van der Waals surface area contributed by atoms with Crippen LogP contribution in [-0.4, -0.2) is 28.7 Å². The van der Waals surface area contributed by atoms with Gasteiger partial charge in [0.25, 0.3) is 5.91 Å². The van der Waals surface area contributed by atoms with Crippen LogP contribution in [0.2, 0.25) is 0 Å². The van der Waals surface area contributed by atoms with Crippen LogP contribution in [0, 0.1) is 0 Å². The van der Waals surface area contributed by atoms with Crippen molar-refractivity contribution in [3.63, 3.8) is 0 Å². The number of carbonyl (C=O) groups excluding carboxylic acids is 1. The number of ether oxygens (including phenoxy) is 2. The Kier molecular flexibility index (Phi) is 4.64. The Morgan fingerprint density at radius 2 is 2.07 bits per heavy atom. The molecule has 0 fully saturated rings. The number of rotatable bonds is 5. The van der Waals surface area contributed by atoms with E-state index in [0.29, 0.717) is 22.3 Å². The molecule has 3 aromatic rings. The smallest absolute Gasteiger partial charge is 0.261 e. The number of hydrogen-bond donors (Lipinski definition) is 2. The van der Waals surface area contributed by atoms with Gasteiger partial charge >= 0.3 is 0 Å². The van der Waals surface area contributed by atoms with Crippen molar-refractivity contribution in [2.75, 3.05) is 17.4 Å². The highest BCUT2D eigenvalue weighted by atomic mass is 32.1. The molecule has 0 radical (unpaired) electrons. The Bertz CT molecular complexity index is 987. The first-order chi connectivity index (χ1) is 13.1. The molecule has 0 spiro atoms. The molecule has 27 heavy (non-hydrogen) atoms. The van der Waals surface area contributed by atoms with Crippen molar-refractivity contribution < 1.29 is 14.3 Å². The molecule has 0 atom stereocenters. The van der Waals surface area contributed by atoms with E-state index in [-0.39, 0.29) is 18.7 Å². The number of carbonyl (C=O) groups is 1. The second-order valence-electron chi connectivity index (χ2n) is 6.26. The lowest BCUT2D eigenvalue weighted by Crippen LogP contribution is -2.18. The fraction of sp³-hybridized carbons (Fsp3) is 0.211. The van der Waals surface area contributed by atoms with E-state index in [0.717, 1.165) is 17.0 Å². The summed E-state index contributed by atoms with van der Waals surface area (Å²) in [5.74, 6) is 1.73. The van der Waals surface area contributed by atoms with E-state index in [9.17, 15) is 4.79 Å². The number of nitrogens with one attached hydrogen (secondary N) is 2. The number of benzene rings is 1. The summed E-state index contributed by atoms with van der Waals surface area (Å²) < 4.78 is 10.7. The van der Waals surface area contributed by atoms with Crippen LogP contribution in [0.4, 0.5) is 10.9 Å². The summed E-state index contributed by atoms with van der Waals surface area (Å²) in [6.45, 7) is 4.22. The Morgan fingerprint density at radius 1 is 1.22 bits per heavy atom. The second-order valence-corrected chi connectivity index (χ2v) is 7.12. The molecular weight excluding hydrogens is 364 g/mol. The van der Waals surface area contributed by atoms with Crippen molar-refractivity contribution in [3.8, 4) is 22.8 Å². The molecule has 1 amide bonds. The zero-order valence-electron chi connectivity index (χ0n) is 14.9. The Hall–Kier alpha value is -3.13. The zero-order valence-corrected chi connectivity index (χ0v) is 15.7. The normalized spacial score (nSPS) is 12.3. The lowest BCUT2D eigenvalue weighted by atomic mass is 10.1. The van der Waals surface area contributed by atoms with E-state index in [4.69, 9.17) is 9.47 Å². The van der Waals surface area contributed by atoms with Gasteiger partial charge in [0.1, 0.15) is 5.82 Å². The average molecular weight is 382 g/mol. The topological polar surface area (TPSA) is 85.4 Å². The highest BCUT2D eigenvalue weighted by Gasteiger charge is 2.17. The van der Waals surface area contributed by atoms with Gasteiger partial charge in [-0.05, 0) is 44.2 Å². The van der Waals surface area contributed by atoms with Gasteiger partial charge in [0.15, 0.2) is 16.6 Å². The summed E-state index contributed by atoms with van der Waals surface area (Å²) in [4.78, 5) is 21.4. The number of fused-ring (bicyclic) bond motifs is 1. The quantitative estimate of drug-likeness (QED) is 0.694. The second kappa shape index (κ2) is 7.24.